The van der Waals surface area contributed by atoms with Crippen LogP contribution < -0.4 is 10.6 Å². The van der Waals surface area contributed by atoms with Crippen LogP contribution in [0.1, 0.15) is 0 Å². The van der Waals surface area contributed by atoms with Crippen LogP contribution in [0.2, 0.25) is 0 Å². The Labute approximate surface area is 245 Å². The second kappa shape index (κ2) is 9.79. The highest BCUT2D eigenvalue weighted by atomic mass is 15.1. The van der Waals surface area contributed by atoms with Gasteiger partial charge in [0, 0.05) is 27.8 Å². The van der Waals surface area contributed by atoms with Crippen LogP contribution in [-0.4, -0.2) is 0 Å². The molecule has 2 nitrogen and oxygen atoms in total. The molecule has 8 aromatic rings. The highest BCUT2D eigenvalue weighted by molar-refractivity contribution is 6.27. The molecule has 198 valence electrons. The molecule has 0 unspecified atom stereocenters. The molecule has 0 spiro atoms. The Balaban J connectivity index is 1.34. The van der Waals surface area contributed by atoms with Crippen molar-refractivity contribution in [3.63, 3.8) is 0 Å². The molecule has 8 aromatic carbocycles. The maximum atomic E-state index is 6.46. The summed E-state index contributed by atoms with van der Waals surface area (Å²) < 4.78 is 0. The molecule has 0 saturated carbocycles. The van der Waals surface area contributed by atoms with Crippen LogP contribution in [0.3, 0.4) is 0 Å². The molecule has 0 bridgehead atoms. The van der Waals surface area contributed by atoms with E-state index in [1.807, 2.05) is 6.07 Å². The fraction of sp³-hybridized carbons (Fsp3) is 0. The van der Waals surface area contributed by atoms with Gasteiger partial charge >= 0.3 is 0 Å². The zero-order valence-corrected chi connectivity index (χ0v) is 23.0. The average molecular weight is 537 g/mol. The number of anilines is 4. The standard InChI is InChI=1S/C40H28N2/c41-37-25-17-31-16-24-36-38(26-18-32-15-23-35(37)39(31)40(32)36)42(33-19-11-29(12-20-33)27-7-3-1-4-8-27)34-21-13-30(14-22-34)28-9-5-2-6-10-28/h1-26H,41H2. The van der Waals surface area contributed by atoms with Crippen LogP contribution in [0, 0.1) is 0 Å². The Kier molecular flexibility index (Phi) is 5.65. The average Bonchev–Trinajstić information content (AvgIpc) is 3.06. The summed E-state index contributed by atoms with van der Waals surface area (Å²) in [6, 6.07) is 56.3. The van der Waals surface area contributed by atoms with Gasteiger partial charge in [0.2, 0.25) is 0 Å². The van der Waals surface area contributed by atoms with Crippen molar-refractivity contribution >= 4 is 55.1 Å². The third kappa shape index (κ3) is 3.96. The summed E-state index contributed by atoms with van der Waals surface area (Å²) >= 11 is 0. The van der Waals surface area contributed by atoms with Crippen LogP contribution in [0.5, 0.6) is 0 Å². The molecule has 0 atom stereocenters. The molecule has 0 saturated heterocycles. The quantitative estimate of drug-likeness (QED) is 0.175. The van der Waals surface area contributed by atoms with Crippen molar-refractivity contribution in [1.29, 1.82) is 0 Å². The van der Waals surface area contributed by atoms with E-state index in [4.69, 9.17) is 5.73 Å². The molecule has 0 fully saturated rings. The van der Waals surface area contributed by atoms with Crippen molar-refractivity contribution in [2.75, 3.05) is 10.6 Å². The Hall–Kier alpha value is -5.60. The smallest absolute Gasteiger partial charge is 0.0540 e. The summed E-state index contributed by atoms with van der Waals surface area (Å²) in [5.74, 6) is 0. The van der Waals surface area contributed by atoms with E-state index in [9.17, 15) is 0 Å². The van der Waals surface area contributed by atoms with Gasteiger partial charge in [-0.05, 0) is 80.2 Å². The highest BCUT2D eigenvalue weighted by Crippen LogP contribution is 2.45. The lowest BCUT2D eigenvalue weighted by Gasteiger charge is -2.28. The largest absolute Gasteiger partial charge is 0.398 e. The SMILES string of the molecule is Nc1ccc2ccc3c(N(c4ccc(-c5ccccc5)cc4)c4ccc(-c5ccccc5)cc4)ccc4ccc1c2c43. The van der Waals surface area contributed by atoms with Gasteiger partial charge in [-0.15, -0.1) is 0 Å². The molecule has 8 rings (SSSR count). The van der Waals surface area contributed by atoms with Crippen molar-refractivity contribution in [3.05, 3.63) is 158 Å². The van der Waals surface area contributed by atoms with Crippen molar-refractivity contribution in [2.24, 2.45) is 0 Å². The molecule has 0 aliphatic carbocycles. The first-order valence-corrected chi connectivity index (χ1v) is 14.3. The second-order valence-corrected chi connectivity index (χ2v) is 10.8. The van der Waals surface area contributed by atoms with Gasteiger partial charge in [-0.25, -0.2) is 0 Å². The molecule has 0 aliphatic rings. The Morgan fingerprint density at radius 2 is 0.786 bits per heavy atom. The number of hydrogen-bond donors (Lipinski definition) is 1. The molecule has 0 heterocycles. The zero-order chi connectivity index (χ0) is 28.0. The van der Waals surface area contributed by atoms with Crippen molar-refractivity contribution in [3.8, 4) is 22.3 Å². The molecule has 0 aliphatic heterocycles. The minimum atomic E-state index is 0.812. The van der Waals surface area contributed by atoms with Crippen molar-refractivity contribution in [2.45, 2.75) is 0 Å². The van der Waals surface area contributed by atoms with E-state index in [-0.39, 0.29) is 0 Å². The van der Waals surface area contributed by atoms with Crippen LogP contribution in [0.4, 0.5) is 22.7 Å². The molecule has 0 radical (unpaired) electrons. The Morgan fingerprint density at radius 1 is 0.357 bits per heavy atom. The Bertz CT molecular complexity index is 2080. The van der Waals surface area contributed by atoms with Gasteiger partial charge in [-0.3, -0.25) is 0 Å². The minimum Gasteiger partial charge on any atom is -0.398 e. The maximum absolute atomic E-state index is 6.46. The van der Waals surface area contributed by atoms with Gasteiger partial charge in [0.05, 0.1) is 5.69 Å². The monoisotopic (exact) mass is 536 g/mol. The molecule has 42 heavy (non-hydrogen) atoms. The van der Waals surface area contributed by atoms with Crippen LogP contribution >= 0.6 is 0 Å². The number of rotatable bonds is 5. The summed E-state index contributed by atoms with van der Waals surface area (Å²) in [6.07, 6.45) is 0. The molecule has 2 N–H and O–H groups in total. The van der Waals surface area contributed by atoms with Crippen molar-refractivity contribution < 1.29 is 0 Å². The summed E-state index contributed by atoms with van der Waals surface area (Å²) in [5, 5.41) is 7.22. The van der Waals surface area contributed by atoms with E-state index in [1.165, 1.54) is 49.2 Å². The molecular weight excluding hydrogens is 508 g/mol. The van der Waals surface area contributed by atoms with E-state index < -0.39 is 0 Å². The predicted molar refractivity (Wildman–Crippen MR) is 180 cm³/mol. The van der Waals surface area contributed by atoms with Gasteiger partial charge in [0.25, 0.3) is 0 Å². The van der Waals surface area contributed by atoms with Crippen LogP contribution in [0.15, 0.2) is 158 Å². The first kappa shape index (κ1) is 24.2. The Morgan fingerprint density at radius 3 is 1.33 bits per heavy atom. The lowest BCUT2D eigenvalue weighted by atomic mass is 9.92. The fourth-order valence-electron chi connectivity index (χ4n) is 6.30. The summed E-state index contributed by atoms with van der Waals surface area (Å²) in [5.41, 5.74) is 15.4. The second-order valence-electron chi connectivity index (χ2n) is 10.8. The zero-order valence-electron chi connectivity index (χ0n) is 23.0. The van der Waals surface area contributed by atoms with E-state index in [0.717, 1.165) is 28.1 Å². The number of nitrogen functional groups attached to an aromatic ring is 1. The third-order valence-electron chi connectivity index (χ3n) is 8.38. The summed E-state index contributed by atoms with van der Waals surface area (Å²) in [4.78, 5) is 2.37. The maximum Gasteiger partial charge on any atom is 0.0540 e. The molecule has 0 aromatic heterocycles. The molecular formula is C40H28N2. The van der Waals surface area contributed by atoms with E-state index in [0.29, 0.717) is 0 Å². The van der Waals surface area contributed by atoms with Gasteiger partial charge in [0.15, 0.2) is 0 Å². The first-order chi connectivity index (χ1) is 20.7. The number of hydrogen-bond acceptors (Lipinski definition) is 2. The van der Waals surface area contributed by atoms with Gasteiger partial charge < -0.3 is 10.6 Å². The number of nitrogens with two attached hydrogens (primary N) is 1. The van der Waals surface area contributed by atoms with Gasteiger partial charge in [-0.1, -0.05) is 121 Å². The van der Waals surface area contributed by atoms with Gasteiger partial charge in [-0.2, -0.15) is 0 Å². The lowest BCUT2D eigenvalue weighted by molar-refractivity contribution is 1.30. The predicted octanol–water partition coefficient (Wildman–Crippen LogP) is 11.0. The van der Waals surface area contributed by atoms with Gasteiger partial charge in [0.1, 0.15) is 0 Å². The van der Waals surface area contributed by atoms with Crippen LogP contribution in [0.25, 0.3) is 54.6 Å². The number of nitrogens with zero attached hydrogens (tertiary/aromatic N) is 1. The topological polar surface area (TPSA) is 29.3 Å². The van der Waals surface area contributed by atoms with E-state index in [2.05, 4.69) is 157 Å². The minimum absolute atomic E-state index is 0.812. The summed E-state index contributed by atoms with van der Waals surface area (Å²) in [6.45, 7) is 0. The van der Waals surface area contributed by atoms with E-state index in [1.54, 1.807) is 0 Å². The molecule has 0 amide bonds. The van der Waals surface area contributed by atoms with E-state index >= 15 is 0 Å². The summed E-state index contributed by atoms with van der Waals surface area (Å²) in [7, 11) is 0. The fourth-order valence-corrected chi connectivity index (χ4v) is 6.30. The normalized spacial score (nSPS) is 11.4. The van der Waals surface area contributed by atoms with Crippen molar-refractivity contribution in [1.82, 2.24) is 0 Å². The highest BCUT2D eigenvalue weighted by Gasteiger charge is 2.19. The number of benzene rings is 8. The first-order valence-electron chi connectivity index (χ1n) is 14.3. The third-order valence-corrected chi connectivity index (χ3v) is 8.38. The molecule has 2 heteroatoms. The van der Waals surface area contributed by atoms with Crippen LogP contribution in [-0.2, 0) is 0 Å². The lowest BCUT2D eigenvalue weighted by Crippen LogP contribution is -2.10.